The summed E-state index contributed by atoms with van der Waals surface area (Å²) in [7, 11) is 2.21. The van der Waals surface area contributed by atoms with Crippen LogP contribution in [0, 0.1) is 29.6 Å². The van der Waals surface area contributed by atoms with Crippen LogP contribution in [0.15, 0.2) is 83.0 Å². The van der Waals surface area contributed by atoms with Crippen LogP contribution in [0.3, 0.4) is 0 Å². The van der Waals surface area contributed by atoms with Crippen LogP contribution in [-0.2, 0) is 66.7 Å². The molecule has 33 heteroatoms. The van der Waals surface area contributed by atoms with E-state index >= 15 is 0 Å². The fourth-order valence-electron chi connectivity index (χ4n) is 9.36. The summed E-state index contributed by atoms with van der Waals surface area (Å²) in [5.74, 6) is -13.3. The van der Waals surface area contributed by atoms with Gasteiger partial charge < -0.3 is 48.5 Å². The average molecular weight is 1340 g/mol. The van der Waals surface area contributed by atoms with Gasteiger partial charge in [0.25, 0.3) is 11.5 Å². The van der Waals surface area contributed by atoms with Crippen molar-refractivity contribution in [3.63, 3.8) is 0 Å². The number of guanidine groups is 1. The Morgan fingerprint density at radius 2 is 1.39 bits per heavy atom. The van der Waals surface area contributed by atoms with Crippen molar-refractivity contribution in [3.05, 3.63) is 112 Å². The van der Waals surface area contributed by atoms with Gasteiger partial charge in [-0.1, -0.05) is 17.7 Å². The van der Waals surface area contributed by atoms with Gasteiger partial charge in [-0.15, -0.1) is 0 Å². The molecule has 3 heterocycles. The van der Waals surface area contributed by atoms with Crippen molar-refractivity contribution < 1.29 is 72.9 Å². The van der Waals surface area contributed by atoms with Crippen LogP contribution in [0.2, 0.25) is 0 Å². The zero-order valence-electron chi connectivity index (χ0n) is 51.8. The molecule has 0 aliphatic heterocycles. The van der Waals surface area contributed by atoms with Gasteiger partial charge in [0.2, 0.25) is 11.9 Å². The zero-order chi connectivity index (χ0) is 69.4. The smallest absolute Gasteiger partial charge is 0.186 e. The summed E-state index contributed by atoms with van der Waals surface area (Å²) in [6, 6.07) is 12.3. The van der Waals surface area contributed by atoms with Crippen molar-refractivity contribution in [1.29, 1.82) is 0 Å². The van der Waals surface area contributed by atoms with Crippen LogP contribution < -0.4 is 44.0 Å². The quantitative estimate of drug-likeness (QED) is 0.00669. The third-order valence-corrected chi connectivity index (χ3v) is 16.6. The minimum Gasteiger partial charge on any atom is -0.186 e. The molecule has 0 saturated carbocycles. The van der Waals surface area contributed by atoms with Crippen molar-refractivity contribution in [2.24, 2.45) is 46.0 Å². The van der Waals surface area contributed by atoms with Crippen LogP contribution in [0.1, 0.15) is 123 Å². The van der Waals surface area contributed by atoms with Gasteiger partial charge in [-0.3, -0.25) is 43.5 Å². The Morgan fingerprint density at radius 1 is 0.734 bits per heavy atom. The van der Waals surface area contributed by atoms with E-state index in [0.717, 1.165) is 27.2 Å². The van der Waals surface area contributed by atoms with Crippen molar-refractivity contribution in [3.8, 4) is 0 Å². The summed E-state index contributed by atoms with van der Waals surface area (Å²) >= 11 is 0. The third kappa shape index (κ3) is 27.1. The van der Waals surface area contributed by atoms with E-state index in [1.807, 2.05) is 44.2 Å². The number of anilines is 2. The Kier molecular flexibility index (Phi) is 32.2. The van der Waals surface area contributed by atoms with E-state index in [-0.39, 0.29) is 115 Å². The number of carboxylic acids is 3. The Hall–Kier alpha value is -9.88. The van der Waals surface area contributed by atoms with Crippen LogP contribution in [0.4, 0.5) is 11.6 Å². The summed E-state index contributed by atoms with van der Waals surface area (Å²) in [5, 5.41) is 40.6. The number of carbonyl (C=O) groups is 10. The number of H-pyrrole nitrogens is 1. The minimum absolute atomic E-state index is 0.000496. The van der Waals surface area contributed by atoms with Crippen molar-refractivity contribution in [1.82, 2.24) is 45.9 Å². The van der Waals surface area contributed by atoms with E-state index in [1.165, 1.54) is 37.6 Å². The number of nitrogens with one attached hydrogen (secondary N) is 5. The molecule has 0 aliphatic rings. The van der Waals surface area contributed by atoms with Crippen molar-refractivity contribution in [2.45, 2.75) is 122 Å². The Bertz CT molecular complexity index is 3590. The van der Waals surface area contributed by atoms with Gasteiger partial charge in [-0.25, -0.2) is 19.6 Å². The van der Waals surface area contributed by atoms with Gasteiger partial charge >= 0.3 is 201 Å². The number of nitrogens with zero attached hydrogens (tertiary/aromatic N) is 6. The second kappa shape index (κ2) is 39.5. The normalized spacial score (nSPS) is 13.1. The first-order valence-electron chi connectivity index (χ1n) is 29.5. The molecule has 0 radical (unpaired) electrons. The number of ketones is 4. The average Bonchev–Trinajstić information content (AvgIpc) is 0.832. The summed E-state index contributed by atoms with van der Waals surface area (Å²) in [5.41, 5.74) is 18.4. The predicted octanol–water partition coefficient (Wildman–Crippen LogP) is 2.56. The topological polar surface area (TPSA) is 501 Å². The second-order valence-corrected chi connectivity index (χ2v) is 24.7. The van der Waals surface area contributed by atoms with Gasteiger partial charge in [-0.2, -0.15) is 14.6 Å². The van der Waals surface area contributed by atoms with Gasteiger partial charge in [0, 0.05) is 61.1 Å². The molecule has 0 spiro atoms. The summed E-state index contributed by atoms with van der Waals surface area (Å²) in [4.78, 5) is 187. The van der Waals surface area contributed by atoms with E-state index < -0.39 is 113 Å². The SMILES string of the molecule is C=B[C@H](CC(C)C)NC(=O)[C@@H](CC(=O)c1cnc(CSSC[C@H](NC(=O)[C@H](CC(=O)O)CC(=O)[C@H](CCCN=C(N)N)CC(=O)[C@H](C)CC(=O)CC[C@H](NC(=O)c2ccc(NCc3cnc4nc(N)[nH]c(=O)c4n3)cc2)C(=O)O)C(=O)O)cn1)Cc1ccccc1.O=C=O. The first-order valence-corrected chi connectivity index (χ1v) is 32.0. The maximum atomic E-state index is 14.0. The van der Waals surface area contributed by atoms with Crippen LogP contribution in [0.5, 0.6) is 0 Å². The summed E-state index contributed by atoms with van der Waals surface area (Å²) in [6.07, 6.45) is 2.32. The molecule has 0 saturated heterocycles. The monoisotopic (exact) mass is 1330 g/mol. The van der Waals surface area contributed by atoms with Gasteiger partial charge in [-0.05, 0) is 43.5 Å². The predicted molar refractivity (Wildman–Crippen MR) is 349 cm³/mol. The van der Waals surface area contributed by atoms with E-state index in [4.69, 9.17) is 26.8 Å². The van der Waals surface area contributed by atoms with E-state index in [2.05, 4.69) is 62.6 Å². The number of benzene rings is 2. The molecule has 30 nitrogen and oxygen atoms in total. The number of hydrogen-bond acceptors (Lipinski definition) is 23. The number of aromatic nitrogens is 6. The Labute approximate surface area is 547 Å². The standard InChI is InChI=1S/C60H75BN14O14S2.CO2/c1-32(2)19-49(61-4)73-55(84)37(21-34-9-6-5-7-10-34)24-48(79)44-29-67-41(28-68-44)30-90-91-31-45(58(88)89)72-54(83)38(25-50(80)81)23-47(78)36(11-8-18-65-59(62)63)22-46(77)33(3)20-42(76)16-17-43(57(86)87)71-53(82)35-12-14-39(15-13-35)66-26-40-27-69-52-51(70-40)56(85)75-60(64)74-52;2-1-3/h5-7,9-10,12-15,27-29,32-33,36-38,43,45,49,66H,4,8,11,16-26,30-31H2,1-3H3,(H,71,82)(H,72,83)(H,73,84)(H,80,81)(H,86,87)(H,88,89)(H4,62,63,65)(H3,64,69,74,75,85);/t33-,36-,37-,38+,43+,45+,49+;/m1./s1. The summed E-state index contributed by atoms with van der Waals surface area (Å²) in [6.45, 7) is 11.2. The first kappa shape index (κ1) is 76.6. The number of fused-ring (bicyclic) bond motifs is 1. The number of aromatic amines is 1. The number of nitrogens with two attached hydrogens (primary N) is 3. The van der Waals surface area contributed by atoms with E-state index in [0.29, 0.717) is 35.8 Å². The number of carboxylic acid groups (broad SMARTS) is 3. The molecule has 94 heavy (non-hydrogen) atoms. The van der Waals surface area contributed by atoms with E-state index in [9.17, 15) is 68.1 Å². The van der Waals surface area contributed by atoms with Gasteiger partial charge in [0.1, 0.15) is 29.4 Å². The molecule has 5 aromatic rings. The maximum absolute atomic E-state index is 14.0. The first-order chi connectivity index (χ1) is 44.7. The Balaban J connectivity index is 0.00000615. The minimum atomic E-state index is -1.57. The third-order valence-electron chi connectivity index (χ3n) is 14.2. The largest absolute Gasteiger partial charge is 0.373 e. The van der Waals surface area contributed by atoms with Gasteiger partial charge in [0.05, 0.1) is 30.8 Å². The molecular formula is C61H75BN14O16S2. The Morgan fingerprint density at radius 3 is 2.01 bits per heavy atom. The zero-order valence-corrected chi connectivity index (χ0v) is 53.5. The number of rotatable bonds is 41. The molecule has 500 valence electrons. The number of Topliss-reactive ketones (excluding diaryl/α,β-unsaturated/α-hetero) is 4. The number of hydrogen-bond donors (Lipinski definition) is 11. The molecule has 3 aromatic heterocycles. The number of nitrogen functional groups attached to an aromatic ring is 1. The van der Waals surface area contributed by atoms with Gasteiger partial charge in [0.15, 0.2) is 17.1 Å². The molecule has 0 bridgehead atoms. The van der Waals surface area contributed by atoms with Crippen LogP contribution in [0.25, 0.3) is 11.2 Å². The molecule has 0 fully saturated rings. The second-order valence-electron chi connectivity index (χ2n) is 22.2. The molecule has 0 aliphatic carbocycles. The molecule has 5 rings (SSSR count). The molecule has 0 unspecified atom stereocenters. The van der Waals surface area contributed by atoms with Crippen molar-refractivity contribution >= 4 is 129 Å². The maximum Gasteiger partial charge on any atom is 0.373 e. The molecule has 7 atom stereocenters. The summed E-state index contributed by atoms with van der Waals surface area (Å²) < 4.78 is 0. The molecular weight excluding hydrogens is 1260 g/mol. The number of aliphatic imine (C=N–C) groups is 1. The molecule has 2 aromatic carbocycles. The van der Waals surface area contributed by atoms with Crippen LogP contribution >= 0.6 is 21.6 Å². The fraction of sp³-hybridized carbons (Fsp3) is 0.426. The number of carbonyl (C=O) groups excluding carboxylic acids is 9. The van der Waals surface area contributed by atoms with E-state index in [1.54, 1.807) is 19.1 Å². The van der Waals surface area contributed by atoms with Crippen LogP contribution in [-0.4, -0.2) is 160 Å². The van der Waals surface area contributed by atoms with Crippen molar-refractivity contribution in [2.75, 3.05) is 23.3 Å². The molecule has 3 amide bonds. The number of amides is 3. The number of aliphatic carboxylic acids is 3. The molecule has 14 N–H and O–H groups in total. The fourth-order valence-corrected chi connectivity index (χ4v) is 11.5.